The fraction of sp³-hybridized carbons (Fsp3) is 0.333. The summed E-state index contributed by atoms with van der Waals surface area (Å²) in [5.41, 5.74) is -1.09. The van der Waals surface area contributed by atoms with E-state index >= 15 is 0 Å². The van der Waals surface area contributed by atoms with Gasteiger partial charge in [0, 0.05) is 37.6 Å². The van der Waals surface area contributed by atoms with Crippen LogP contribution < -0.4 is 5.63 Å². The van der Waals surface area contributed by atoms with Gasteiger partial charge >= 0.3 is 17.9 Å². The van der Waals surface area contributed by atoms with E-state index in [9.17, 15) is 31.2 Å². The normalized spacial score (nSPS) is 15.3. The van der Waals surface area contributed by atoms with E-state index in [0.717, 1.165) is 0 Å². The Morgan fingerprint density at radius 3 is 2.25 bits per heavy atom. The first kappa shape index (κ1) is 25.7. The van der Waals surface area contributed by atoms with Gasteiger partial charge in [-0.15, -0.1) is 0 Å². The molecule has 0 N–H and O–H groups in total. The zero-order valence-electron chi connectivity index (χ0n) is 19.2. The lowest BCUT2D eigenvalue weighted by molar-refractivity contribution is -0.136. The quantitative estimate of drug-likeness (QED) is 0.470. The maximum atomic E-state index is 13.4. The van der Waals surface area contributed by atoms with Gasteiger partial charge in [0.1, 0.15) is 5.58 Å². The summed E-state index contributed by atoms with van der Waals surface area (Å²) in [5.74, 6) is 0. The first-order valence-corrected chi connectivity index (χ1v) is 12.6. The van der Waals surface area contributed by atoms with Crippen molar-refractivity contribution in [3.05, 3.63) is 75.6 Å². The summed E-state index contributed by atoms with van der Waals surface area (Å²) in [6.45, 7) is 2.65. The van der Waals surface area contributed by atoms with E-state index in [0.29, 0.717) is 17.2 Å². The van der Waals surface area contributed by atoms with E-state index in [1.165, 1.54) is 33.5 Å². The number of amides is 1. The van der Waals surface area contributed by atoms with Crippen molar-refractivity contribution < 1.29 is 35.5 Å². The predicted molar refractivity (Wildman–Crippen MR) is 124 cm³/mol. The molecule has 8 nitrogen and oxygen atoms in total. The van der Waals surface area contributed by atoms with Crippen molar-refractivity contribution in [2.45, 2.75) is 24.4 Å². The Kier molecular flexibility index (Phi) is 7.10. The molecule has 1 aromatic heterocycles. The lowest BCUT2D eigenvalue weighted by Crippen LogP contribution is -2.50. The van der Waals surface area contributed by atoms with E-state index in [4.69, 9.17) is 9.15 Å². The number of ether oxygens (including phenoxy) is 1. The number of piperazine rings is 1. The van der Waals surface area contributed by atoms with Gasteiger partial charge < -0.3 is 14.1 Å². The van der Waals surface area contributed by atoms with Gasteiger partial charge in [0.15, 0.2) is 0 Å². The van der Waals surface area contributed by atoms with Crippen LogP contribution in [-0.2, 0) is 27.4 Å². The molecular formula is C24H23F3N2O6S. The maximum absolute atomic E-state index is 13.4. The minimum Gasteiger partial charge on any atom is -0.450 e. The van der Waals surface area contributed by atoms with Crippen molar-refractivity contribution in [3.63, 3.8) is 0 Å². The minimum absolute atomic E-state index is 0.0791. The van der Waals surface area contributed by atoms with E-state index in [1.54, 1.807) is 25.1 Å². The molecule has 12 heteroatoms. The molecular weight excluding hydrogens is 501 g/mol. The van der Waals surface area contributed by atoms with Gasteiger partial charge in [0.2, 0.25) is 10.0 Å². The molecule has 1 amide bonds. The smallest absolute Gasteiger partial charge is 0.417 e. The summed E-state index contributed by atoms with van der Waals surface area (Å²) in [4.78, 5) is 24.8. The van der Waals surface area contributed by atoms with Crippen LogP contribution in [0.4, 0.5) is 18.0 Å². The highest BCUT2D eigenvalue weighted by molar-refractivity contribution is 7.89. The van der Waals surface area contributed by atoms with Gasteiger partial charge in [-0.2, -0.15) is 17.5 Å². The van der Waals surface area contributed by atoms with Crippen LogP contribution in [0.25, 0.3) is 11.0 Å². The summed E-state index contributed by atoms with van der Waals surface area (Å²) in [6, 6.07) is 10.7. The largest absolute Gasteiger partial charge is 0.450 e. The highest BCUT2D eigenvalue weighted by Crippen LogP contribution is 2.34. The highest BCUT2D eigenvalue weighted by atomic mass is 32.2. The Hall–Kier alpha value is -3.38. The second kappa shape index (κ2) is 9.94. The van der Waals surface area contributed by atoms with E-state index in [2.05, 4.69) is 0 Å². The van der Waals surface area contributed by atoms with Crippen LogP contribution in [0, 0.1) is 0 Å². The molecule has 0 unspecified atom stereocenters. The standard InChI is InChI=1S/C24H23F3N2O6S/c1-2-34-23(31)28-9-11-29(12-10-28)36(32,33)18-6-3-16(4-7-18)13-17-5-8-21-19(14-17)20(24(25,26)27)15-22(30)35-21/h3-8,14-15H,2,9-13H2,1H3. The molecule has 1 aliphatic rings. The molecule has 0 atom stereocenters. The summed E-state index contributed by atoms with van der Waals surface area (Å²) in [5, 5.41) is -0.222. The third-order valence-corrected chi connectivity index (χ3v) is 7.76. The molecule has 192 valence electrons. The van der Waals surface area contributed by atoms with E-state index in [-0.39, 0.29) is 55.1 Å². The lowest BCUT2D eigenvalue weighted by Gasteiger charge is -2.33. The third-order valence-electron chi connectivity index (χ3n) is 5.85. The van der Waals surface area contributed by atoms with Gasteiger partial charge in [-0.1, -0.05) is 18.2 Å². The highest BCUT2D eigenvalue weighted by Gasteiger charge is 2.34. The Morgan fingerprint density at radius 2 is 1.64 bits per heavy atom. The molecule has 0 radical (unpaired) electrons. The summed E-state index contributed by atoms with van der Waals surface area (Å²) < 4.78 is 77.3. The zero-order valence-corrected chi connectivity index (χ0v) is 20.1. The van der Waals surface area contributed by atoms with Crippen molar-refractivity contribution >= 4 is 27.1 Å². The fourth-order valence-electron chi connectivity index (χ4n) is 4.04. The molecule has 3 aromatic rings. The second-order valence-electron chi connectivity index (χ2n) is 8.22. The van der Waals surface area contributed by atoms with Crippen LogP contribution in [0.1, 0.15) is 23.6 Å². The summed E-state index contributed by atoms with van der Waals surface area (Å²) in [7, 11) is -3.78. The molecule has 0 aliphatic carbocycles. The number of halogens is 3. The van der Waals surface area contributed by atoms with Crippen LogP contribution in [0.3, 0.4) is 0 Å². The van der Waals surface area contributed by atoms with Gasteiger partial charge in [0.25, 0.3) is 0 Å². The number of benzene rings is 2. The number of alkyl halides is 3. The van der Waals surface area contributed by atoms with Crippen molar-refractivity contribution in [3.8, 4) is 0 Å². The number of hydrogen-bond acceptors (Lipinski definition) is 6. The third kappa shape index (κ3) is 5.39. The van der Waals surface area contributed by atoms with Crippen LogP contribution in [-0.4, -0.2) is 56.5 Å². The summed E-state index contributed by atoms with van der Waals surface area (Å²) in [6.07, 6.45) is -4.95. The van der Waals surface area contributed by atoms with Crippen LogP contribution in [0.2, 0.25) is 0 Å². The average molecular weight is 525 g/mol. The number of fused-ring (bicyclic) bond motifs is 1. The molecule has 0 saturated carbocycles. The van der Waals surface area contributed by atoms with Gasteiger partial charge in [0.05, 0.1) is 17.1 Å². The number of rotatable bonds is 5. The SMILES string of the molecule is CCOC(=O)N1CCN(S(=O)(=O)c2ccc(Cc3ccc4oc(=O)cc(C(F)(F)F)c4c3)cc2)CC1. The fourth-order valence-corrected chi connectivity index (χ4v) is 5.47. The Labute approximate surface area is 204 Å². The van der Waals surface area contributed by atoms with Crippen LogP contribution in [0.5, 0.6) is 0 Å². The lowest BCUT2D eigenvalue weighted by atomic mass is 10.0. The Balaban J connectivity index is 1.50. The van der Waals surface area contributed by atoms with Gasteiger partial charge in [-0.25, -0.2) is 18.0 Å². The van der Waals surface area contributed by atoms with E-state index in [1.807, 2.05) is 0 Å². The zero-order chi connectivity index (χ0) is 26.1. The molecule has 0 bridgehead atoms. The molecule has 0 spiro atoms. The first-order valence-electron chi connectivity index (χ1n) is 11.1. The van der Waals surface area contributed by atoms with Gasteiger partial charge in [-0.3, -0.25) is 0 Å². The number of sulfonamides is 1. The maximum Gasteiger partial charge on any atom is 0.417 e. The van der Waals surface area contributed by atoms with Crippen molar-refractivity contribution in [2.24, 2.45) is 0 Å². The number of hydrogen-bond donors (Lipinski definition) is 0. The second-order valence-corrected chi connectivity index (χ2v) is 10.2. The van der Waals surface area contributed by atoms with Crippen molar-refractivity contribution in [2.75, 3.05) is 32.8 Å². The molecule has 2 aromatic carbocycles. The molecule has 2 heterocycles. The molecule has 1 fully saturated rings. The Bertz CT molecular complexity index is 1430. The first-order chi connectivity index (χ1) is 17.0. The number of carbonyl (C=O) groups excluding carboxylic acids is 1. The van der Waals surface area contributed by atoms with Crippen LogP contribution >= 0.6 is 0 Å². The minimum atomic E-state index is -4.72. The van der Waals surface area contributed by atoms with Crippen LogP contribution in [0.15, 0.2) is 62.6 Å². The molecule has 1 saturated heterocycles. The monoisotopic (exact) mass is 524 g/mol. The van der Waals surface area contributed by atoms with Gasteiger partial charge in [-0.05, 0) is 48.7 Å². The average Bonchev–Trinajstić information content (AvgIpc) is 2.84. The number of carbonyl (C=O) groups is 1. The van der Waals surface area contributed by atoms with Crippen molar-refractivity contribution in [1.82, 2.24) is 9.21 Å². The molecule has 4 rings (SSSR count). The summed E-state index contributed by atoms with van der Waals surface area (Å²) >= 11 is 0. The topological polar surface area (TPSA) is 97.1 Å². The van der Waals surface area contributed by atoms with Crippen molar-refractivity contribution in [1.29, 1.82) is 0 Å². The van der Waals surface area contributed by atoms with E-state index < -0.39 is 33.5 Å². The number of nitrogens with zero attached hydrogens (tertiary/aromatic N) is 2. The predicted octanol–water partition coefficient (Wildman–Crippen LogP) is 3.87. The molecule has 1 aliphatic heterocycles. The Morgan fingerprint density at radius 1 is 1.00 bits per heavy atom. The molecule has 36 heavy (non-hydrogen) atoms.